The molecule has 0 unspecified atom stereocenters. The highest BCUT2D eigenvalue weighted by molar-refractivity contribution is 9.05. The molecule has 0 atom stereocenters. The summed E-state index contributed by atoms with van der Waals surface area (Å²) in [5.41, 5.74) is -3.07. The molecule has 88 valence electrons. The van der Waals surface area contributed by atoms with Crippen LogP contribution in [0.1, 0.15) is 0 Å². The van der Waals surface area contributed by atoms with Gasteiger partial charge in [-0.3, -0.25) is 0 Å². The van der Waals surface area contributed by atoms with Crippen molar-refractivity contribution >= 4 is 46.3 Å². The molecule has 0 saturated heterocycles. The minimum absolute atomic E-state index is 0. The molecule has 11 heteroatoms. The van der Waals surface area contributed by atoms with Crippen molar-refractivity contribution in [2.75, 3.05) is 18.8 Å². The second kappa shape index (κ2) is 4.61. The first-order valence-corrected chi connectivity index (χ1v) is 11.6. The lowest BCUT2D eigenvalue weighted by Gasteiger charge is -2.09. The molecule has 0 rings (SSSR count). The molecule has 0 N–H and O–H groups in total. The molecule has 0 saturated carbocycles. The zero-order valence-electron chi connectivity index (χ0n) is 7.53. The Labute approximate surface area is 90.2 Å². The fourth-order valence-electron chi connectivity index (χ4n) is 0.738. The van der Waals surface area contributed by atoms with Crippen molar-refractivity contribution in [2.45, 2.75) is 0 Å². The van der Waals surface area contributed by atoms with Crippen LogP contribution in [0, 0.1) is 0 Å². The van der Waals surface area contributed by atoms with Gasteiger partial charge < -0.3 is 0 Å². The van der Waals surface area contributed by atoms with Crippen LogP contribution in [0.2, 0.25) is 0 Å². The quantitative estimate of drug-likeness (QED) is 0.667. The van der Waals surface area contributed by atoms with Crippen molar-refractivity contribution < 1.29 is 25.3 Å². The van der Waals surface area contributed by atoms with Gasteiger partial charge in [-0.05, 0) is 0 Å². The van der Waals surface area contributed by atoms with Crippen molar-refractivity contribution in [3.63, 3.8) is 0 Å². The summed E-state index contributed by atoms with van der Waals surface area (Å²) in [4.78, 5) is 0. The molecule has 0 bridgehead atoms. The first-order valence-electron chi connectivity index (χ1n) is 2.77. The fraction of sp³-hybridized carbons (Fsp3) is 1.00. The number of hydrogen-bond acceptors (Lipinski definition) is 6. The summed E-state index contributed by atoms with van der Waals surface area (Å²) in [5.74, 6) is 0. The molecule has 0 spiro atoms. The van der Waals surface area contributed by atoms with Gasteiger partial charge in [-0.1, -0.05) is 0 Å². The molecular weight excluding hydrogens is 295 g/mol. The Morgan fingerprint density at radius 1 is 0.643 bits per heavy atom. The molecular formula is C3H10ClO6PS3. The lowest BCUT2D eigenvalue weighted by molar-refractivity contribution is 0.610. The van der Waals surface area contributed by atoms with E-state index in [0.29, 0.717) is 18.8 Å². The summed E-state index contributed by atoms with van der Waals surface area (Å²) in [7, 11) is -12.3. The summed E-state index contributed by atoms with van der Waals surface area (Å²) in [5, 5.41) is 0. The molecule has 0 radical (unpaired) electrons. The van der Waals surface area contributed by atoms with Crippen molar-refractivity contribution in [1.29, 1.82) is 0 Å². The smallest absolute Gasteiger partial charge is 0.223 e. The van der Waals surface area contributed by atoms with Crippen LogP contribution in [0.4, 0.5) is 0 Å². The Kier molecular flexibility index (Phi) is 5.59. The van der Waals surface area contributed by atoms with Crippen LogP contribution in [-0.4, -0.2) is 44.0 Å². The highest BCUT2D eigenvalue weighted by atomic mass is 35.5. The highest BCUT2D eigenvalue weighted by Crippen LogP contribution is 2.53. The normalized spacial score (nSPS) is 13.7. The second-order valence-corrected chi connectivity index (χ2v) is 18.6. The van der Waals surface area contributed by atoms with Gasteiger partial charge >= 0.3 is 0 Å². The molecule has 0 aliphatic rings. The van der Waals surface area contributed by atoms with Gasteiger partial charge in [-0.2, -0.15) is 0 Å². The largest absolute Gasteiger partial charge is 0.263 e. The zero-order chi connectivity index (χ0) is 11.1. The van der Waals surface area contributed by atoms with E-state index in [2.05, 4.69) is 0 Å². The van der Waals surface area contributed by atoms with Gasteiger partial charge in [-0.25, -0.2) is 25.3 Å². The third kappa shape index (κ3) is 4.88. The van der Waals surface area contributed by atoms with Crippen LogP contribution >= 0.6 is 17.9 Å². The Balaban J connectivity index is 0. The molecule has 0 aromatic heterocycles. The minimum Gasteiger partial charge on any atom is -0.223 e. The summed E-state index contributed by atoms with van der Waals surface area (Å²) < 4.78 is 65.4. The van der Waals surface area contributed by atoms with E-state index in [1.165, 1.54) is 0 Å². The summed E-state index contributed by atoms with van der Waals surface area (Å²) in [6.45, 7) is 0. The van der Waals surface area contributed by atoms with E-state index < -0.39 is 33.9 Å². The Morgan fingerprint density at radius 3 is 0.786 bits per heavy atom. The first kappa shape index (κ1) is 17.0. The maximum absolute atomic E-state index is 10.9. The Morgan fingerprint density at radius 2 is 0.786 bits per heavy atom. The van der Waals surface area contributed by atoms with E-state index in [9.17, 15) is 25.3 Å². The summed E-state index contributed by atoms with van der Waals surface area (Å²) in [6, 6.07) is 0. The van der Waals surface area contributed by atoms with E-state index >= 15 is 0 Å². The third-order valence-electron chi connectivity index (χ3n) is 0.812. The predicted molar refractivity (Wildman–Crippen MR) is 58.7 cm³/mol. The SMILES string of the molecule is CS(=O)(=O)P(S(C)(=O)=O)S(C)(=O)=O.Cl. The Bertz CT molecular complexity index is 410. The third-order valence-corrected chi connectivity index (χ3v) is 21.9. The molecule has 6 nitrogen and oxygen atoms in total. The van der Waals surface area contributed by atoms with Crippen LogP contribution < -0.4 is 0 Å². The molecule has 0 aliphatic carbocycles. The van der Waals surface area contributed by atoms with Gasteiger partial charge in [0.25, 0.3) is 5.53 Å². The van der Waals surface area contributed by atoms with E-state index in [-0.39, 0.29) is 12.4 Å². The molecule has 14 heavy (non-hydrogen) atoms. The van der Waals surface area contributed by atoms with Crippen LogP contribution in [0.3, 0.4) is 0 Å². The number of rotatable bonds is 3. The lowest BCUT2D eigenvalue weighted by Crippen LogP contribution is -2.10. The van der Waals surface area contributed by atoms with Crippen LogP contribution in [-0.2, 0) is 28.4 Å². The molecule has 0 fully saturated rings. The average Bonchev–Trinajstić information content (AvgIpc) is 1.44. The van der Waals surface area contributed by atoms with Crippen molar-refractivity contribution in [3.8, 4) is 0 Å². The van der Waals surface area contributed by atoms with Crippen LogP contribution in [0.25, 0.3) is 0 Å². The molecule has 0 amide bonds. The topological polar surface area (TPSA) is 102 Å². The van der Waals surface area contributed by atoms with E-state index in [0.717, 1.165) is 0 Å². The van der Waals surface area contributed by atoms with Gasteiger partial charge in [0.1, 0.15) is 0 Å². The number of halogens is 1. The molecule has 0 aromatic carbocycles. The van der Waals surface area contributed by atoms with Crippen molar-refractivity contribution in [2.24, 2.45) is 0 Å². The molecule has 0 aromatic rings. The molecule has 0 aliphatic heterocycles. The predicted octanol–water partition coefficient (Wildman–Crippen LogP) is -0.231. The van der Waals surface area contributed by atoms with Gasteiger partial charge in [0.05, 0.1) is 0 Å². The van der Waals surface area contributed by atoms with Gasteiger partial charge in [0.15, 0.2) is 28.4 Å². The van der Waals surface area contributed by atoms with Gasteiger partial charge in [-0.15, -0.1) is 12.4 Å². The number of hydrogen-bond donors (Lipinski definition) is 0. The summed E-state index contributed by atoms with van der Waals surface area (Å²) in [6.07, 6.45) is 1.79. The average molecular weight is 305 g/mol. The second-order valence-electron chi connectivity index (χ2n) is 2.42. The first-order chi connectivity index (χ1) is 5.37. The van der Waals surface area contributed by atoms with Crippen LogP contribution in [0.15, 0.2) is 0 Å². The lowest BCUT2D eigenvalue weighted by atomic mass is 12.0. The van der Waals surface area contributed by atoms with Crippen molar-refractivity contribution in [3.05, 3.63) is 0 Å². The van der Waals surface area contributed by atoms with E-state index in [1.807, 2.05) is 0 Å². The maximum Gasteiger partial charge on any atom is 0.263 e. The highest BCUT2D eigenvalue weighted by Gasteiger charge is 2.41. The van der Waals surface area contributed by atoms with Gasteiger partial charge in [0, 0.05) is 18.8 Å². The Hall–Kier alpha value is 0.570. The maximum atomic E-state index is 10.9. The summed E-state index contributed by atoms with van der Waals surface area (Å²) >= 11 is 0. The fourth-order valence-corrected chi connectivity index (χ4v) is 19.9. The molecule has 0 heterocycles. The van der Waals surface area contributed by atoms with E-state index in [4.69, 9.17) is 0 Å². The monoisotopic (exact) mass is 304 g/mol. The zero-order valence-corrected chi connectivity index (χ0v) is 11.7. The van der Waals surface area contributed by atoms with Crippen LogP contribution in [0.5, 0.6) is 0 Å². The van der Waals surface area contributed by atoms with E-state index in [1.54, 1.807) is 0 Å². The van der Waals surface area contributed by atoms with Crippen molar-refractivity contribution in [1.82, 2.24) is 0 Å². The standard InChI is InChI=1S/C3H9O6PS3.ClH/c1-11(4,5)10(12(2,6)7)13(3,8)9;/h1-3H3;1H. The minimum atomic E-state index is -4.09. The van der Waals surface area contributed by atoms with Gasteiger partial charge in [0.2, 0.25) is 0 Å².